The highest BCUT2D eigenvalue weighted by Gasteiger charge is 2.05. The van der Waals surface area contributed by atoms with Crippen molar-refractivity contribution in [1.29, 1.82) is 0 Å². The largest absolute Gasteiger partial charge is 0.489 e. The molecule has 0 bridgehead atoms. The zero-order chi connectivity index (χ0) is 14.3. The molecule has 1 aliphatic heterocycles. The maximum atomic E-state index is 5.70. The molecule has 3 rings (SSSR count). The molecular formula is C16H16N2O2S. The maximum Gasteiger partial charge on any atom is 0.146 e. The van der Waals surface area contributed by atoms with E-state index < -0.39 is 0 Å². The fourth-order valence-electron chi connectivity index (χ4n) is 1.95. The first-order chi connectivity index (χ1) is 10.4. The van der Waals surface area contributed by atoms with Crippen LogP contribution in [0.4, 0.5) is 11.4 Å². The van der Waals surface area contributed by atoms with E-state index in [0.717, 1.165) is 27.8 Å². The standard InChI is InChI=1S/C16H16N2O2S/c1-3-7-15-13(5-1)17-18-14-6-2-4-8-16(14)21-12-11-19-9-10-20-15/h1-8H,9-12H2. The molecule has 0 atom stereocenters. The lowest BCUT2D eigenvalue weighted by Gasteiger charge is -2.08. The van der Waals surface area contributed by atoms with Crippen molar-refractivity contribution in [1.82, 2.24) is 0 Å². The fraction of sp³-hybridized carbons (Fsp3) is 0.250. The van der Waals surface area contributed by atoms with Crippen LogP contribution in [0.5, 0.6) is 5.75 Å². The molecule has 0 saturated carbocycles. The predicted octanol–water partition coefficient (Wildman–Crippen LogP) is 4.60. The predicted molar refractivity (Wildman–Crippen MR) is 84.1 cm³/mol. The van der Waals surface area contributed by atoms with Gasteiger partial charge in [-0.25, -0.2) is 0 Å². The molecule has 0 unspecified atom stereocenters. The third-order valence-corrected chi connectivity index (χ3v) is 3.99. The number of nitrogens with zero attached hydrogens (tertiary/aromatic N) is 2. The van der Waals surface area contributed by atoms with Crippen LogP contribution in [-0.4, -0.2) is 25.6 Å². The summed E-state index contributed by atoms with van der Waals surface area (Å²) >= 11 is 1.73. The lowest BCUT2D eigenvalue weighted by molar-refractivity contribution is 0.112. The molecule has 0 N–H and O–H groups in total. The molecule has 2 aromatic carbocycles. The molecule has 0 radical (unpaired) electrons. The van der Waals surface area contributed by atoms with E-state index in [2.05, 4.69) is 16.3 Å². The minimum Gasteiger partial charge on any atom is -0.489 e. The van der Waals surface area contributed by atoms with E-state index in [1.54, 1.807) is 11.8 Å². The van der Waals surface area contributed by atoms with Gasteiger partial charge in [0, 0.05) is 10.6 Å². The summed E-state index contributed by atoms with van der Waals surface area (Å²) in [6.07, 6.45) is 0. The SMILES string of the molecule is c1ccc2c(c1)N=Nc1ccccc1SCCOCCO2. The summed E-state index contributed by atoms with van der Waals surface area (Å²) in [6, 6.07) is 15.7. The number of azo groups is 1. The van der Waals surface area contributed by atoms with E-state index in [1.807, 2.05) is 42.5 Å². The topological polar surface area (TPSA) is 43.2 Å². The number of para-hydroxylation sites is 1. The van der Waals surface area contributed by atoms with Crippen molar-refractivity contribution in [3.05, 3.63) is 48.5 Å². The number of thioether (sulfide) groups is 1. The van der Waals surface area contributed by atoms with E-state index in [0.29, 0.717) is 19.8 Å². The zero-order valence-corrected chi connectivity index (χ0v) is 12.4. The van der Waals surface area contributed by atoms with Gasteiger partial charge in [0.25, 0.3) is 0 Å². The van der Waals surface area contributed by atoms with Gasteiger partial charge in [-0.05, 0) is 24.3 Å². The monoisotopic (exact) mass is 300 g/mol. The summed E-state index contributed by atoms with van der Waals surface area (Å²) < 4.78 is 11.3. The number of ether oxygens (including phenoxy) is 2. The van der Waals surface area contributed by atoms with Crippen molar-refractivity contribution < 1.29 is 9.47 Å². The minimum absolute atomic E-state index is 0.518. The normalized spacial score (nSPS) is 15.6. The highest BCUT2D eigenvalue weighted by Crippen LogP contribution is 2.33. The van der Waals surface area contributed by atoms with Gasteiger partial charge in [0.15, 0.2) is 0 Å². The highest BCUT2D eigenvalue weighted by atomic mass is 32.2. The molecular weight excluding hydrogens is 284 g/mol. The Balaban J connectivity index is 1.93. The third-order valence-electron chi connectivity index (χ3n) is 2.97. The Morgan fingerprint density at radius 1 is 0.810 bits per heavy atom. The zero-order valence-electron chi connectivity index (χ0n) is 11.6. The Hall–Kier alpha value is -1.85. The average molecular weight is 300 g/mol. The molecule has 4 nitrogen and oxygen atoms in total. The van der Waals surface area contributed by atoms with E-state index >= 15 is 0 Å². The summed E-state index contributed by atoms with van der Waals surface area (Å²) in [5.41, 5.74) is 1.60. The molecule has 1 aliphatic rings. The van der Waals surface area contributed by atoms with Crippen LogP contribution in [0.25, 0.3) is 0 Å². The Morgan fingerprint density at radius 3 is 2.52 bits per heavy atom. The molecule has 0 spiro atoms. The van der Waals surface area contributed by atoms with Gasteiger partial charge in [0.05, 0.1) is 18.9 Å². The second-order valence-electron chi connectivity index (χ2n) is 4.44. The number of hydrogen-bond donors (Lipinski definition) is 0. The number of rotatable bonds is 0. The van der Waals surface area contributed by atoms with Crippen LogP contribution < -0.4 is 4.74 Å². The second kappa shape index (κ2) is 7.24. The van der Waals surface area contributed by atoms with Crippen molar-refractivity contribution in [3.8, 4) is 5.75 Å². The van der Waals surface area contributed by atoms with Crippen LogP contribution in [0, 0.1) is 0 Å². The molecule has 0 amide bonds. The second-order valence-corrected chi connectivity index (χ2v) is 5.58. The van der Waals surface area contributed by atoms with Gasteiger partial charge in [-0.15, -0.1) is 22.0 Å². The van der Waals surface area contributed by atoms with Crippen LogP contribution in [0.15, 0.2) is 63.7 Å². The molecule has 21 heavy (non-hydrogen) atoms. The smallest absolute Gasteiger partial charge is 0.146 e. The Kier molecular flexibility index (Phi) is 4.86. The van der Waals surface area contributed by atoms with E-state index in [4.69, 9.17) is 9.47 Å². The lowest BCUT2D eigenvalue weighted by atomic mass is 10.3. The van der Waals surface area contributed by atoms with Crippen molar-refractivity contribution in [2.75, 3.05) is 25.6 Å². The van der Waals surface area contributed by atoms with Crippen LogP contribution in [0.3, 0.4) is 0 Å². The average Bonchev–Trinajstić information content (AvgIpc) is 2.55. The van der Waals surface area contributed by atoms with Crippen LogP contribution in [0.2, 0.25) is 0 Å². The molecule has 0 fully saturated rings. The Bertz CT molecular complexity index is 578. The summed E-state index contributed by atoms with van der Waals surface area (Å²) in [6.45, 7) is 1.79. The van der Waals surface area contributed by atoms with E-state index in [-0.39, 0.29) is 0 Å². The first kappa shape index (κ1) is 14.1. The highest BCUT2D eigenvalue weighted by molar-refractivity contribution is 7.99. The molecule has 2 aromatic rings. The van der Waals surface area contributed by atoms with Gasteiger partial charge in [-0.1, -0.05) is 24.3 Å². The van der Waals surface area contributed by atoms with Crippen molar-refractivity contribution in [2.45, 2.75) is 4.90 Å². The summed E-state index contributed by atoms with van der Waals surface area (Å²) in [5.74, 6) is 1.62. The molecule has 0 aromatic heterocycles. The van der Waals surface area contributed by atoms with Crippen LogP contribution in [-0.2, 0) is 4.74 Å². The quantitative estimate of drug-likeness (QED) is 0.714. The summed E-state index contributed by atoms with van der Waals surface area (Å²) in [7, 11) is 0. The summed E-state index contributed by atoms with van der Waals surface area (Å²) in [4.78, 5) is 1.11. The third kappa shape index (κ3) is 3.83. The molecule has 5 heteroatoms. The lowest BCUT2D eigenvalue weighted by Crippen LogP contribution is -2.08. The van der Waals surface area contributed by atoms with Crippen LogP contribution >= 0.6 is 11.8 Å². The molecule has 108 valence electrons. The molecule has 1 heterocycles. The number of hydrogen-bond acceptors (Lipinski definition) is 5. The van der Waals surface area contributed by atoms with Gasteiger partial charge in [-0.2, -0.15) is 0 Å². The van der Waals surface area contributed by atoms with Gasteiger partial charge < -0.3 is 9.47 Å². The van der Waals surface area contributed by atoms with Crippen LogP contribution in [0.1, 0.15) is 0 Å². The van der Waals surface area contributed by atoms with Crippen molar-refractivity contribution >= 4 is 23.1 Å². The number of fused-ring (bicyclic) bond motifs is 2. The summed E-state index contributed by atoms with van der Waals surface area (Å²) in [5, 5.41) is 8.71. The Labute approximate surface area is 128 Å². The minimum atomic E-state index is 0.518. The van der Waals surface area contributed by atoms with Gasteiger partial charge in [0.1, 0.15) is 18.0 Å². The first-order valence-electron chi connectivity index (χ1n) is 6.86. The van der Waals surface area contributed by atoms with Gasteiger partial charge >= 0.3 is 0 Å². The van der Waals surface area contributed by atoms with E-state index in [9.17, 15) is 0 Å². The Morgan fingerprint density at radius 2 is 1.57 bits per heavy atom. The van der Waals surface area contributed by atoms with Crippen molar-refractivity contribution in [3.63, 3.8) is 0 Å². The first-order valence-corrected chi connectivity index (χ1v) is 7.85. The maximum absolute atomic E-state index is 5.70. The van der Waals surface area contributed by atoms with Gasteiger partial charge in [-0.3, -0.25) is 0 Å². The fourth-order valence-corrected chi connectivity index (χ4v) is 2.81. The van der Waals surface area contributed by atoms with Gasteiger partial charge in [0.2, 0.25) is 0 Å². The van der Waals surface area contributed by atoms with Crippen molar-refractivity contribution in [2.24, 2.45) is 10.2 Å². The number of benzene rings is 2. The van der Waals surface area contributed by atoms with E-state index in [1.165, 1.54) is 0 Å². The molecule has 0 aliphatic carbocycles. The molecule has 0 saturated heterocycles.